The van der Waals surface area contributed by atoms with E-state index in [1.165, 1.54) is 12.1 Å². The van der Waals surface area contributed by atoms with E-state index in [1.54, 1.807) is 0 Å². The molecular weight excluding hydrogens is 395 g/mol. The lowest BCUT2D eigenvalue weighted by atomic mass is 10.1. The van der Waals surface area contributed by atoms with Gasteiger partial charge in [0.2, 0.25) is 0 Å². The Bertz CT molecular complexity index is 842. The first-order valence-electron chi connectivity index (χ1n) is 7.55. The van der Waals surface area contributed by atoms with Crippen molar-refractivity contribution in [3.8, 4) is 0 Å². The van der Waals surface area contributed by atoms with Crippen LogP contribution in [0.1, 0.15) is 17.0 Å². The molecule has 130 valence electrons. The van der Waals surface area contributed by atoms with Gasteiger partial charge in [-0.1, -0.05) is 30.3 Å². The third-order valence-corrected chi connectivity index (χ3v) is 4.14. The van der Waals surface area contributed by atoms with Gasteiger partial charge < -0.3 is 0 Å². The van der Waals surface area contributed by atoms with Gasteiger partial charge in [0.05, 0.1) is 24.0 Å². The second kappa shape index (κ2) is 6.92. The van der Waals surface area contributed by atoms with Crippen molar-refractivity contribution in [3.05, 3.63) is 82.3 Å². The molecule has 0 aliphatic heterocycles. The van der Waals surface area contributed by atoms with E-state index in [0.29, 0.717) is 11.1 Å². The van der Waals surface area contributed by atoms with Gasteiger partial charge in [-0.2, -0.15) is 13.2 Å². The van der Waals surface area contributed by atoms with Crippen molar-refractivity contribution < 1.29 is 13.2 Å². The third kappa shape index (κ3) is 4.04. The van der Waals surface area contributed by atoms with Crippen LogP contribution < -0.4 is 5.01 Å². The molecule has 0 bridgehead atoms. The Balaban J connectivity index is 1.95. The van der Waals surface area contributed by atoms with Gasteiger partial charge in [-0.05, 0) is 52.7 Å². The van der Waals surface area contributed by atoms with Crippen LogP contribution in [0.4, 0.5) is 18.9 Å². The second-order valence-electron chi connectivity index (χ2n) is 5.54. The highest BCUT2D eigenvalue weighted by Crippen LogP contribution is 2.29. The maximum atomic E-state index is 12.7. The molecular formula is C18H15BrF3N3. The lowest BCUT2D eigenvalue weighted by Gasteiger charge is -2.27. The predicted octanol–water partition coefficient (Wildman–Crippen LogP) is 5.44. The predicted molar refractivity (Wildman–Crippen MR) is 94.1 cm³/mol. The monoisotopic (exact) mass is 409 g/mol. The highest BCUT2D eigenvalue weighted by Gasteiger charge is 2.30. The quantitative estimate of drug-likeness (QED) is 0.571. The van der Waals surface area contributed by atoms with Crippen molar-refractivity contribution in [1.29, 1.82) is 0 Å². The lowest BCUT2D eigenvalue weighted by Crippen LogP contribution is -2.29. The average Bonchev–Trinajstić information content (AvgIpc) is 2.91. The number of aromatic nitrogens is 2. The molecule has 0 unspecified atom stereocenters. The summed E-state index contributed by atoms with van der Waals surface area (Å²) in [5.41, 5.74) is 1.03. The highest BCUT2D eigenvalue weighted by molar-refractivity contribution is 9.10. The molecule has 0 saturated heterocycles. The molecule has 7 heteroatoms. The Labute approximate surface area is 151 Å². The Kier molecular flexibility index (Phi) is 4.85. The first kappa shape index (κ1) is 17.5. The molecule has 3 rings (SSSR count). The molecule has 3 nitrogen and oxygen atoms in total. The number of rotatable bonds is 4. The number of nitrogens with zero attached hydrogens (tertiary/aromatic N) is 3. The Morgan fingerprint density at radius 1 is 1.04 bits per heavy atom. The van der Waals surface area contributed by atoms with Gasteiger partial charge in [-0.3, -0.25) is 5.01 Å². The van der Waals surface area contributed by atoms with Gasteiger partial charge in [0, 0.05) is 0 Å². The molecule has 0 N–H and O–H groups in total. The molecule has 0 spiro atoms. The lowest BCUT2D eigenvalue weighted by molar-refractivity contribution is -0.137. The van der Waals surface area contributed by atoms with Gasteiger partial charge in [-0.15, -0.1) is 0 Å². The van der Waals surface area contributed by atoms with Crippen LogP contribution in [0.3, 0.4) is 0 Å². The fourth-order valence-electron chi connectivity index (χ4n) is 2.54. The molecule has 2 aromatic carbocycles. The van der Waals surface area contributed by atoms with Gasteiger partial charge in [0.25, 0.3) is 0 Å². The zero-order chi connectivity index (χ0) is 18.0. The van der Waals surface area contributed by atoms with Crippen molar-refractivity contribution in [2.24, 2.45) is 0 Å². The summed E-state index contributed by atoms with van der Waals surface area (Å²) in [4.78, 5) is 4.33. The summed E-state index contributed by atoms with van der Waals surface area (Å²) in [5.74, 6) is 0.766. The van der Waals surface area contributed by atoms with E-state index < -0.39 is 11.7 Å². The van der Waals surface area contributed by atoms with Crippen molar-refractivity contribution in [2.75, 3.05) is 5.01 Å². The number of alkyl halides is 3. The zero-order valence-corrected chi connectivity index (χ0v) is 14.9. The fourth-order valence-corrected chi connectivity index (χ4v) is 2.99. The molecule has 1 heterocycles. The molecule has 0 fully saturated rings. The highest BCUT2D eigenvalue weighted by atomic mass is 79.9. The SMILES string of the molecule is Cc1nc(Br)cn1N(Cc1ccc(C(F)(F)F)cc1)c1ccccc1. The van der Waals surface area contributed by atoms with E-state index >= 15 is 0 Å². The number of benzene rings is 2. The molecule has 0 atom stereocenters. The normalized spacial score (nSPS) is 11.6. The van der Waals surface area contributed by atoms with Crippen LogP contribution in [0.15, 0.2) is 65.4 Å². The molecule has 0 radical (unpaired) electrons. The van der Waals surface area contributed by atoms with Crippen molar-refractivity contribution >= 4 is 21.6 Å². The van der Waals surface area contributed by atoms with E-state index in [-0.39, 0.29) is 0 Å². The number of hydrogen-bond acceptors (Lipinski definition) is 2. The van der Waals surface area contributed by atoms with Crippen LogP contribution in [-0.2, 0) is 12.7 Å². The zero-order valence-electron chi connectivity index (χ0n) is 13.3. The van der Waals surface area contributed by atoms with Crippen LogP contribution >= 0.6 is 15.9 Å². The minimum absolute atomic E-state index is 0.409. The maximum absolute atomic E-state index is 12.7. The molecule has 0 amide bonds. The summed E-state index contributed by atoms with van der Waals surface area (Å²) in [6.45, 7) is 2.28. The smallest absolute Gasteiger partial charge is 0.276 e. The molecule has 1 aromatic heterocycles. The van der Waals surface area contributed by atoms with Gasteiger partial charge in [0.15, 0.2) is 0 Å². The van der Waals surface area contributed by atoms with Crippen molar-refractivity contribution in [3.63, 3.8) is 0 Å². The van der Waals surface area contributed by atoms with Gasteiger partial charge in [0.1, 0.15) is 10.4 Å². The fraction of sp³-hybridized carbons (Fsp3) is 0.167. The van der Waals surface area contributed by atoms with Crippen LogP contribution in [0.5, 0.6) is 0 Å². The Hall–Kier alpha value is -2.28. The minimum Gasteiger partial charge on any atom is -0.276 e. The summed E-state index contributed by atoms with van der Waals surface area (Å²) >= 11 is 3.36. The molecule has 3 aromatic rings. The first-order chi connectivity index (χ1) is 11.8. The Morgan fingerprint density at radius 3 is 2.20 bits per heavy atom. The topological polar surface area (TPSA) is 21.1 Å². The number of halogens is 4. The number of hydrogen-bond donors (Lipinski definition) is 0. The molecule has 0 aliphatic carbocycles. The standard InChI is InChI=1S/C18H15BrF3N3/c1-13-23-17(19)12-24(13)25(16-5-3-2-4-6-16)11-14-7-9-15(10-8-14)18(20,21)22/h2-10,12H,11H2,1H3. The summed E-state index contributed by atoms with van der Waals surface area (Å²) in [6, 6.07) is 14.8. The first-order valence-corrected chi connectivity index (χ1v) is 8.34. The summed E-state index contributed by atoms with van der Waals surface area (Å²) in [6.07, 6.45) is -2.50. The van der Waals surface area contributed by atoms with E-state index in [1.807, 2.05) is 53.1 Å². The van der Waals surface area contributed by atoms with E-state index in [4.69, 9.17) is 0 Å². The summed E-state index contributed by atoms with van der Waals surface area (Å²) in [5, 5.41) is 1.95. The molecule has 0 aliphatic rings. The number of para-hydroxylation sites is 1. The number of imidazole rings is 1. The summed E-state index contributed by atoms with van der Waals surface area (Å²) in [7, 11) is 0. The third-order valence-electron chi connectivity index (χ3n) is 3.76. The van der Waals surface area contributed by atoms with Crippen molar-refractivity contribution in [2.45, 2.75) is 19.6 Å². The molecule has 0 saturated carbocycles. The van der Waals surface area contributed by atoms with Crippen LogP contribution in [0, 0.1) is 6.92 Å². The van der Waals surface area contributed by atoms with E-state index in [2.05, 4.69) is 20.9 Å². The van der Waals surface area contributed by atoms with E-state index in [9.17, 15) is 13.2 Å². The largest absolute Gasteiger partial charge is 0.416 e. The summed E-state index contributed by atoms with van der Waals surface area (Å²) < 4.78 is 40.8. The Morgan fingerprint density at radius 2 is 1.68 bits per heavy atom. The number of anilines is 1. The van der Waals surface area contributed by atoms with Crippen LogP contribution in [0.2, 0.25) is 0 Å². The van der Waals surface area contributed by atoms with E-state index in [0.717, 1.165) is 29.2 Å². The average molecular weight is 410 g/mol. The maximum Gasteiger partial charge on any atom is 0.416 e. The number of aryl methyl sites for hydroxylation is 1. The second-order valence-corrected chi connectivity index (χ2v) is 6.36. The van der Waals surface area contributed by atoms with Gasteiger partial charge in [-0.25, -0.2) is 9.66 Å². The minimum atomic E-state index is -4.33. The van der Waals surface area contributed by atoms with Crippen LogP contribution in [0.25, 0.3) is 0 Å². The van der Waals surface area contributed by atoms with Crippen molar-refractivity contribution in [1.82, 2.24) is 9.66 Å². The van der Waals surface area contributed by atoms with Crippen LogP contribution in [-0.4, -0.2) is 9.66 Å². The van der Waals surface area contributed by atoms with Gasteiger partial charge >= 0.3 is 6.18 Å². The molecule has 25 heavy (non-hydrogen) atoms.